The molecule has 0 bridgehead atoms. The van der Waals surface area contributed by atoms with Gasteiger partial charge in [0.2, 0.25) is 10.0 Å². The van der Waals surface area contributed by atoms with E-state index in [4.69, 9.17) is 0 Å². The minimum absolute atomic E-state index is 0.305. The van der Waals surface area contributed by atoms with E-state index in [1.807, 2.05) is 6.92 Å². The molecule has 0 saturated carbocycles. The van der Waals surface area contributed by atoms with Crippen molar-refractivity contribution in [2.75, 3.05) is 31.9 Å². The maximum absolute atomic E-state index is 11.6. The van der Waals surface area contributed by atoms with Gasteiger partial charge in [-0.05, 0) is 31.3 Å². The van der Waals surface area contributed by atoms with Crippen LogP contribution in [0.5, 0.6) is 0 Å². The second-order valence-electron chi connectivity index (χ2n) is 4.55. The number of nitrogens with one attached hydrogen (secondary N) is 1. The molecule has 2 fully saturated rings. The van der Waals surface area contributed by atoms with E-state index in [1.165, 1.54) is 0 Å². The third-order valence-corrected chi connectivity index (χ3v) is 5.17. The topological polar surface area (TPSA) is 49.4 Å². The Kier molecular flexibility index (Phi) is 2.81. The van der Waals surface area contributed by atoms with Crippen LogP contribution in [-0.2, 0) is 10.0 Å². The van der Waals surface area contributed by atoms with Crippen molar-refractivity contribution >= 4 is 10.0 Å². The molecule has 0 aromatic rings. The van der Waals surface area contributed by atoms with Gasteiger partial charge in [-0.1, -0.05) is 6.92 Å². The predicted molar refractivity (Wildman–Crippen MR) is 55.5 cm³/mol. The molecule has 1 atom stereocenters. The van der Waals surface area contributed by atoms with Gasteiger partial charge in [0.15, 0.2) is 0 Å². The first-order valence-corrected chi connectivity index (χ1v) is 6.87. The highest BCUT2D eigenvalue weighted by molar-refractivity contribution is 7.89. The monoisotopic (exact) mass is 218 g/mol. The van der Waals surface area contributed by atoms with Crippen molar-refractivity contribution in [1.29, 1.82) is 0 Å². The average Bonchev–Trinajstić information content (AvgIpc) is 2.21. The second kappa shape index (κ2) is 3.79. The summed E-state index contributed by atoms with van der Waals surface area (Å²) in [6, 6.07) is 0. The maximum Gasteiger partial charge on any atom is 0.214 e. The van der Waals surface area contributed by atoms with Crippen molar-refractivity contribution in [1.82, 2.24) is 9.62 Å². The molecule has 2 aliphatic rings. The van der Waals surface area contributed by atoms with Crippen molar-refractivity contribution in [2.45, 2.75) is 13.3 Å². The third kappa shape index (κ3) is 2.10. The van der Waals surface area contributed by atoms with Gasteiger partial charge in [-0.15, -0.1) is 0 Å². The average molecular weight is 218 g/mol. The summed E-state index contributed by atoms with van der Waals surface area (Å²) in [5.41, 5.74) is 0. The Morgan fingerprint density at radius 3 is 2.57 bits per heavy atom. The zero-order chi connectivity index (χ0) is 10.2. The number of sulfonamides is 1. The van der Waals surface area contributed by atoms with E-state index in [1.54, 1.807) is 4.31 Å². The molecule has 1 N–H and O–H groups in total. The van der Waals surface area contributed by atoms with E-state index in [0.29, 0.717) is 17.6 Å². The van der Waals surface area contributed by atoms with Gasteiger partial charge in [0.1, 0.15) is 0 Å². The molecule has 0 aliphatic carbocycles. The maximum atomic E-state index is 11.6. The SMILES string of the molecule is CC1CN(CCC2CNC2)S(=O)(=O)C1. The second-order valence-corrected chi connectivity index (χ2v) is 6.57. The molecular weight excluding hydrogens is 200 g/mol. The van der Waals surface area contributed by atoms with Crippen LogP contribution in [0.1, 0.15) is 13.3 Å². The molecule has 0 aromatic heterocycles. The van der Waals surface area contributed by atoms with E-state index in [0.717, 1.165) is 32.6 Å². The van der Waals surface area contributed by atoms with Crippen molar-refractivity contribution in [3.63, 3.8) is 0 Å². The highest BCUT2D eigenvalue weighted by Crippen LogP contribution is 2.20. The zero-order valence-electron chi connectivity index (χ0n) is 8.57. The molecule has 0 spiro atoms. The Morgan fingerprint density at radius 2 is 2.14 bits per heavy atom. The molecule has 0 amide bonds. The lowest BCUT2D eigenvalue weighted by Gasteiger charge is -2.28. The van der Waals surface area contributed by atoms with E-state index < -0.39 is 10.0 Å². The molecule has 2 heterocycles. The number of hydrogen-bond acceptors (Lipinski definition) is 3. The third-order valence-electron chi connectivity index (χ3n) is 3.06. The molecule has 0 aromatic carbocycles. The number of rotatable bonds is 3. The van der Waals surface area contributed by atoms with Gasteiger partial charge in [-0.3, -0.25) is 0 Å². The highest BCUT2D eigenvalue weighted by Gasteiger charge is 2.33. The first-order valence-electron chi connectivity index (χ1n) is 5.26. The Morgan fingerprint density at radius 1 is 1.43 bits per heavy atom. The summed E-state index contributed by atoms with van der Waals surface area (Å²) in [7, 11) is -2.90. The first kappa shape index (κ1) is 10.4. The highest BCUT2D eigenvalue weighted by atomic mass is 32.2. The van der Waals surface area contributed by atoms with Crippen LogP contribution in [0.25, 0.3) is 0 Å². The summed E-state index contributed by atoms with van der Waals surface area (Å²) in [6.07, 6.45) is 1.01. The normalized spacial score (nSPS) is 33.1. The van der Waals surface area contributed by atoms with Crippen LogP contribution in [0.4, 0.5) is 0 Å². The fourth-order valence-corrected chi connectivity index (χ4v) is 3.99. The molecule has 82 valence electrons. The zero-order valence-corrected chi connectivity index (χ0v) is 9.39. The smallest absolute Gasteiger partial charge is 0.214 e. The lowest BCUT2D eigenvalue weighted by molar-refractivity contribution is 0.291. The summed E-state index contributed by atoms with van der Waals surface area (Å²) in [4.78, 5) is 0. The lowest BCUT2D eigenvalue weighted by Crippen LogP contribution is -2.43. The fraction of sp³-hybridized carbons (Fsp3) is 1.00. The minimum Gasteiger partial charge on any atom is -0.316 e. The summed E-state index contributed by atoms with van der Waals surface area (Å²) in [6.45, 7) is 5.57. The van der Waals surface area contributed by atoms with Crippen molar-refractivity contribution < 1.29 is 8.42 Å². The van der Waals surface area contributed by atoms with E-state index >= 15 is 0 Å². The van der Waals surface area contributed by atoms with Gasteiger partial charge in [0.05, 0.1) is 5.75 Å². The molecular formula is C9H18N2O2S. The number of hydrogen-bond donors (Lipinski definition) is 1. The Bertz CT molecular complexity index is 298. The standard InChI is InChI=1S/C9H18N2O2S/c1-8-6-11(14(12,13)7-8)3-2-9-4-10-5-9/h8-10H,2-7H2,1H3. The molecule has 4 nitrogen and oxygen atoms in total. The molecule has 2 saturated heterocycles. The predicted octanol–water partition coefficient (Wildman–Crippen LogP) is -0.123. The van der Waals surface area contributed by atoms with E-state index in [2.05, 4.69) is 5.32 Å². The summed E-state index contributed by atoms with van der Waals surface area (Å²) in [5.74, 6) is 1.34. The van der Waals surface area contributed by atoms with Crippen LogP contribution in [0.15, 0.2) is 0 Å². The van der Waals surface area contributed by atoms with Crippen molar-refractivity contribution in [3.05, 3.63) is 0 Å². The van der Waals surface area contributed by atoms with Crippen molar-refractivity contribution in [3.8, 4) is 0 Å². The molecule has 5 heteroatoms. The van der Waals surface area contributed by atoms with Gasteiger partial charge in [-0.2, -0.15) is 0 Å². The molecule has 1 unspecified atom stereocenters. The fourth-order valence-electron chi connectivity index (χ4n) is 2.09. The summed E-state index contributed by atoms with van der Waals surface area (Å²) in [5, 5.41) is 3.20. The first-order chi connectivity index (χ1) is 6.58. The quantitative estimate of drug-likeness (QED) is 0.718. The molecule has 0 radical (unpaired) electrons. The van der Waals surface area contributed by atoms with Crippen LogP contribution in [0, 0.1) is 11.8 Å². The largest absolute Gasteiger partial charge is 0.316 e. The van der Waals surface area contributed by atoms with Gasteiger partial charge in [0.25, 0.3) is 0 Å². The van der Waals surface area contributed by atoms with Gasteiger partial charge >= 0.3 is 0 Å². The van der Waals surface area contributed by atoms with E-state index in [9.17, 15) is 8.42 Å². The van der Waals surface area contributed by atoms with Gasteiger partial charge < -0.3 is 5.32 Å². The van der Waals surface area contributed by atoms with Crippen LogP contribution in [-0.4, -0.2) is 44.7 Å². The lowest BCUT2D eigenvalue weighted by atomic mass is 9.99. The van der Waals surface area contributed by atoms with Gasteiger partial charge in [0, 0.05) is 13.1 Å². The minimum atomic E-state index is -2.90. The number of nitrogens with zero attached hydrogens (tertiary/aromatic N) is 1. The van der Waals surface area contributed by atoms with Crippen LogP contribution >= 0.6 is 0 Å². The summed E-state index contributed by atoms with van der Waals surface area (Å²) < 4.78 is 24.9. The molecule has 2 aliphatic heterocycles. The van der Waals surface area contributed by atoms with E-state index in [-0.39, 0.29) is 0 Å². The molecule has 2 rings (SSSR count). The van der Waals surface area contributed by atoms with Crippen LogP contribution in [0.2, 0.25) is 0 Å². The molecule has 14 heavy (non-hydrogen) atoms. The Labute approximate surface area is 85.7 Å². The van der Waals surface area contributed by atoms with Crippen LogP contribution in [0.3, 0.4) is 0 Å². The Hall–Kier alpha value is -0.130. The van der Waals surface area contributed by atoms with Gasteiger partial charge in [-0.25, -0.2) is 12.7 Å². The van der Waals surface area contributed by atoms with Crippen LogP contribution < -0.4 is 5.32 Å². The Balaban J connectivity index is 1.84. The van der Waals surface area contributed by atoms with Crippen molar-refractivity contribution in [2.24, 2.45) is 11.8 Å². The summed E-state index contributed by atoms with van der Waals surface area (Å²) >= 11 is 0.